The van der Waals surface area contributed by atoms with Crippen molar-refractivity contribution in [2.75, 3.05) is 0 Å². The molecule has 0 bridgehead atoms. The molecule has 1 heterocycles. The number of hydrogen-bond donors (Lipinski definition) is 1. The number of aryl methyl sites for hydroxylation is 2. The summed E-state index contributed by atoms with van der Waals surface area (Å²) in [5, 5.41) is 0. The maximum atomic E-state index is 5.79. The van der Waals surface area contributed by atoms with Gasteiger partial charge >= 0.3 is 0 Å². The van der Waals surface area contributed by atoms with Gasteiger partial charge in [0.1, 0.15) is 0 Å². The van der Waals surface area contributed by atoms with Gasteiger partial charge in [0.15, 0.2) is 0 Å². The summed E-state index contributed by atoms with van der Waals surface area (Å²) in [6.45, 7) is 7.06. The number of aromatic nitrogens is 2. The highest BCUT2D eigenvalue weighted by molar-refractivity contribution is 5.77. The summed E-state index contributed by atoms with van der Waals surface area (Å²) in [7, 11) is 0. The average Bonchev–Trinajstić information content (AvgIpc) is 2.49. The Morgan fingerprint density at radius 1 is 1.33 bits per heavy atom. The van der Waals surface area contributed by atoms with E-state index in [1.165, 1.54) is 16.6 Å². The van der Waals surface area contributed by atoms with Crippen LogP contribution < -0.4 is 5.73 Å². The fourth-order valence-electron chi connectivity index (χ4n) is 1.77. The van der Waals surface area contributed by atoms with Crippen LogP contribution in [0.15, 0.2) is 18.5 Å². The standard InChI is InChI=1S/C12H17N3/c1-8-4-11-12(5-9(8)2)15(7-14-11)6-10(3)13/h4-5,7,10H,6,13H2,1-3H3/t10-/m0/s1. The van der Waals surface area contributed by atoms with Crippen molar-refractivity contribution in [1.82, 2.24) is 9.55 Å². The lowest BCUT2D eigenvalue weighted by Crippen LogP contribution is -2.21. The van der Waals surface area contributed by atoms with Crippen molar-refractivity contribution in [1.29, 1.82) is 0 Å². The van der Waals surface area contributed by atoms with E-state index >= 15 is 0 Å². The number of hydrogen-bond acceptors (Lipinski definition) is 2. The Balaban J connectivity index is 2.54. The van der Waals surface area contributed by atoms with Gasteiger partial charge in [-0.15, -0.1) is 0 Å². The molecular formula is C12H17N3. The van der Waals surface area contributed by atoms with E-state index in [1.54, 1.807) is 0 Å². The topological polar surface area (TPSA) is 43.8 Å². The Morgan fingerprint density at radius 3 is 2.67 bits per heavy atom. The quantitative estimate of drug-likeness (QED) is 0.811. The number of nitrogens with zero attached hydrogens (tertiary/aromatic N) is 2. The minimum absolute atomic E-state index is 0.156. The van der Waals surface area contributed by atoms with Crippen LogP contribution in [0.4, 0.5) is 0 Å². The maximum Gasteiger partial charge on any atom is 0.0958 e. The molecule has 0 fully saturated rings. The summed E-state index contributed by atoms with van der Waals surface area (Å²) in [6, 6.07) is 4.46. The van der Waals surface area contributed by atoms with E-state index in [0.29, 0.717) is 0 Å². The highest BCUT2D eigenvalue weighted by atomic mass is 15.1. The van der Waals surface area contributed by atoms with E-state index < -0.39 is 0 Å². The molecule has 3 nitrogen and oxygen atoms in total. The second-order valence-electron chi connectivity index (χ2n) is 4.30. The van der Waals surface area contributed by atoms with E-state index in [1.807, 2.05) is 13.3 Å². The number of imidazole rings is 1. The van der Waals surface area contributed by atoms with Crippen LogP contribution in [0.25, 0.3) is 11.0 Å². The predicted octanol–water partition coefficient (Wildman–Crippen LogP) is 2.00. The number of benzene rings is 1. The van der Waals surface area contributed by atoms with Gasteiger partial charge in [0.2, 0.25) is 0 Å². The largest absolute Gasteiger partial charge is 0.329 e. The maximum absolute atomic E-state index is 5.79. The van der Waals surface area contributed by atoms with Crippen molar-refractivity contribution in [3.8, 4) is 0 Å². The van der Waals surface area contributed by atoms with Crippen LogP contribution in [0.1, 0.15) is 18.1 Å². The van der Waals surface area contributed by atoms with Crippen LogP contribution >= 0.6 is 0 Å². The molecule has 80 valence electrons. The van der Waals surface area contributed by atoms with E-state index in [9.17, 15) is 0 Å². The minimum Gasteiger partial charge on any atom is -0.329 e. The lowest BCUT2D eigenvalue weighted by molar-refractivity contribution is 0.602. The second kappa shape index (κ2) is 3.66. The lowest BCUT2D eigenvalue weighted by atomic mass is 10.1. The summed E-state index contributed by atoms with van der Waals surface area (Å²) in [6.07, 6.45) is 1.87. The molecule has 0 aliphatic heterocycles. The van der Waals surface area contributed by atoms with E-state index in [4.69, 9.17) is 5.73 Å². The molecule has 1 aromatic carbocycles. The Morgan fingerprint density at radius 2 is 2.00 bits per heavy atom. The molecule has 1 atom stereocenters. The Labute approximate surface area is 89.9 Å². The van der Waals surface area contributed by atoms with Crippen LogP contribution in [0.2, 0.25) is 0 Å². The molecule has 0 saturated heterocycles. The van der Waals surface area contributed by atoms with E-state index in [2.05, 4.69) is 35.5 Å². The van der Waals surface area contributed by atoms with Crippen molar-refractivity contribution >= 4 is 11.0 Å². The molecule has 0 saturated carbocycles. The van der Waals surface area contributed by atoms with E-state index in [-0.39, 0.29) is 6.04 Å². The zero-order chi connectivity index (χ0) is 11.0. The average molecular weight is 203 g/mol. The molecule has 15 heavy (non-hydrogen) atoms. The lowest BCUT2D eigenvalue weighted by Gasteiger charge is -2.08. The number of nitrogens with two attached hydrogens (primary N) is 1. The van der Waals surface area contributed by atoms with Crippen molar-refractivity contribution in [2.45, 2.75) is 33.4 Å². The van der Waals surface area contributed by atoms with Crippen molar-refractivity contribution < 1.29 is 0 Å². The summed E-state index contributed by atoms with van der Waals surface area (Å²) >= 11 is 0. The normalized spacial score (nSPS) is 13.3. The molecule has 1 aromatic heterocycles. The predicted molar refractivity (Wildman–Crippen MR) is 62.9 cm³/mol. The third kappa shape index (κ3) is 1.88. The first-order valence-corrected chi connectivity index (χ1v) is 5.25. The van der Waals surface area contributed by atoms with Crippen molar-refractivity contribution in [3.63, 3.8) is 0 Å². The first-order chi connectivity index (χ1) is 7.08. The smallest absolute Gasteiger partial charge is 0.0958 e. The van der Waals surface area contributed by atoms with Crippen LogP contribution in [0, 0.1) is 13.8 Å². The third-order valence-electron chi connectivity index (χ3n) is 2.72. The molecule has 2 N–H and O–H groups in total. The van der Waals surface area contributed by atoms with Crippen LogP contribution in [-0.4, -0.2) is 15.6 Å². The summed E-state index contributed by atoms with van der Waals surface area (Å²) < 4.78 is 2.12. The molecular weight excluding hydrogens is 186 g/mol. The molecule has 0 radical (unpaired) electrons. The van der Waals surface area contributed by atoms with Gasteiger partial charge in [0.25, 0.3) is 0 Å². The molecule has 0 spiro atoms. The van der Waals surface area contributed by atoms with Crippen LogP contribution in [-0.2, 0) is 6.54 Å². The van der Waals surface area contributed by atoms with Gasteiger partial charge in [-0.2, -0.15) is 0 Å². The Kier molecular flexibility index (Phi) is 2.49. The van der Waals surface area contributed by atoms with Gasteiger partial charge in [-0.1, -0.05) is 0 Å². The summed E-state index contributed by atoms with van der Waals surface area (Å²) in [5.41, 5.74) is 10.6. The first kappa shape index (κ1) is 10.2. The molecule has 0 amide bonds. The zero-order valence-corrected chi connectivity index (χ0v) is 9.49. The van der Waals surface area contributed by atoms with Gasteiger partial charge in [0.05, 0.1) is 17.4 Å². The number of rotatable bonds is 2. The second-order valence-corrected chi connectivity index (χ2v) is 4.30. The van der Waals surface area contributed by atoms with E-state index in [0.717, 1.165) is 12.1 Å². The van der Waals surface area contributed by atoms with Gasteiger partial charge in [-0.3, -0.25) is 0 Å². The molecule has 0 aliphatic carbocycles. The Hall–Kier alpha value is -1.35. The molecule has 3 heteroatoms. The highest BCUT2D eigenvalue weighted by Crippen LogP contribution is 2.18. The highest BCUT2D eigenvalue weighted by Gasteiger charge is 2.05. The number of fused-ring (bicyclic) bond motifs is 1. The van der Waals surface area contributed by atoms with Gasteiger partial charge < -0.3 is 10.3 Å². The first-order valence-electron chi connectivity index (χ1n) is 5.25. The Bertz CT molecular complexity index is 483. The van der Waals surface area contributed by atoms with Gasteiger partial charge in [-0.05, 0) is 44.0 Å². The monoisotopic (exact) mass is 203 g/mol. The molecule has 2 rings (SSSR count). The summed E-state index contributed by atoms with van der Waals surface area (Å²) in [4.78, 5) is 4.38. The fraction of sp³-hybridized carbons (Fsp3) is 0.417. The molecule has 2 aromatic rings. The fourth-order valence-corrected chi connectivity index (χ4v) is 1.77. The molecule has 0 aliphatic rings. The van der Waals surface area contributed by atoms with Gasteiger partial charge in [0, 0.05) is 12.6 Å². The van der Waals surface area contributed by atoms with Crippen molar-refractivity contribution in [2.24, 2.45) is 5.73 Å². The SMILES string of the molecule is Cc1cc2ncn(C[C@H](C)N)c2cc1C. The van der Waals surface area contributed by atoms with Crippen LogP contribution in [0.3, 0.4) is 0 Å². The van der Waals surface area contributed by atoms with Gasteiger partial charge in [-0.25, -0.2) is 4.98 Å². The van der Waals surface area contributed by atoms with Crippen molar-refractivity contribution in [3.05, 3.63) is 29.6 Å². The minimum atomic E-state index is 0.156. The summed E-state index contributed by atoms with van der Waals surface area (Å²) in [5.74, 6) is 0. The third-order valence-corrected chi connectivity index (χ3v) is 2.72. The zero-order valence-electron chi connectivity index (χ0n) is 9.49. The van der Waals surface area contributed by atoms with Crippen LogP contribution in [0.5, 0.6) is 0 Å². The molecule has 0 unspecified atom stereocenters.